The summed E-state index contributed by atoms with van der Waals surface area (Å²) in [5, 5.41) is 4.26. The Morgan fingerprint density at radius 3 is 2.81 bits per heavy atom. The topological polar surface area (TPSA) is 70.8 Å². The number of nitrogens with two attached hydrogens (primary N) is 1. The number of piperazine rings is 1. The maximum atomic E-state index is 11.7. The highest BCUT2D eigenvalue weighted by Gasteiger charge is 2.16. The number of nitrogens with one attached hydrogen (secondary N) is 1. The lowest BCUT2D eigenvalue weighted by molar-refractivity contribution is 0.0533. The number of carbonyl (C=O) groups excluding carboxylic acids is 1. The number of esters is 1. The molecular weight excluding hydrogens is 288 g/mol. The molecule has 1 saturated heterocycles. The predicted octanol–water partition coefficient (Wildman–Crippen LogP) is 1.17. The standard InChI is InChI=1S/C14H24N4O2S/c1-3-20-14(19)13-11(15)10-12(21-13)16-4-5-18-8-6-17(2)7-9-18/h10,16H,3-9,15H2,1-2H3. The first kappa shape index (κ1) is 16.1. The molecular formula is C14H24N4O2S. The molecule has 0 aliphatic carbocycles. The average Bonchev–Trinajstić information content (AvgIpc) is 2.82. The minimum absolute atomic E-state index is 0.341. The smallest absolute Gasteiger partial charge is 0.350 e. The van der Waals surface area contributed by atoms with E-state index in [0.29, 0.717) is 17.2 Å². The molecule has 0 saturated carbocycles. The number of nitrogens with zero attached hydrogens (tertiary/aromatic N) is 2. The molecule has 1 aliphatic heterocycles. The van der Waals surface area contributed by atoms with Crippen LogP contribution in [0.25, 0.3) is 0 Å². The van der Waals surface area contributed by atoms with Crippen molar-refractivity contribution in [2.45, 2.75) is 6.92 Å². The van der Waals surface area contributed by atoms with E-state index in [4.69, 9.17) is 10.5 Å². The normalized spacial score (nSPS) is 16.9. The van der Waals surface area contributed by atoms with Gasteiger partial charge in [-0.05, 0) is 20.0 Å². The molecule has 0 unspecified atom stereocenters. The number of nitrogen functional groups attached to an aromatic ring is 1. The summed E-state index contributed by atoms with van der Waals surface area (Å²) in [5.41, 5.74) is 6.34. The fourth-order valence-electron chi connectivity index (χ4n) is 2.26. The second-order valence-electron chi connectivity index (χ2n) is 5.19. The maximum absolute atomic E-state index is 11.7. The Labute approximate surface area is 129 Å². The second-order valence-corrected chi connectivity index (χ2v) is 6.24. The number of ether oxygens (including phenoxy) is 1. The van der Waals surface area contributed by atoms with Crippen LogP contribution in [0.1, 0.15) is 16.6 Å². The first-order valence-corrected chi connectivity index (χ1v) is 8.13. The third kappa shape index (κ3) is 4.59. The van der Waals surface area contributed by atoms with Crippen molar-refractivity contribution < 1.29 is 9.53 Å². The van der Waals surface area contributed by atoms with Crippen molar-refractivity contribution in [2.24, 2.45) is 0 Å². The minimum Gasteiger partial charge on any atom is -0.462 e. The second kappa shape index (κ2) is 7.63. The van der Waals surface area contributed by atoms with Crippen LogP contribution in [0.15, 0.2) is 6.07 Å². The third-order valence-corrected chi connectivity index (χ3v) is 4.63. The summed E-state index contributed by atoms with van der Waals surface area (Å²) >= 11 is 1.36. The molecule has 0 atom stereocenters. The van der Waals surface area contributed by atoms with Crippen LogP contribution in [0.2, 0.25) is 0 Å². The lowest BCUT2D eigenvalue weighted by Gasteiger charge is -2.32. The fraction of sp³-hybridized carbons (Fsp3) is 0.643. The number of rotatable bonds is 6. The number of carbonyl (C=O) groups is 1. The number of hydrogen-bond donors (Lipinski definition) is 2. The molecule has 1 aliphatic rings. The van der Waals surface area contributed by atoms with Crippen molar-refractivity contribution in [3.05, 3.63) is 10.9 Å². The highest BCUT2D eigenvalue weighted by molar-refractivity contribution is 7.18. The molecule has 1 aromatic rings. The zero-order valence-corrected chi connectivity index (χ0v) is 13.5. The van der Waals surface area contributed by atoms with Gasteiger partial charge in [0.15, 0.2) is 0 Å². The van der Waals surface area contributed by atoms with Crippen LogP contribution in [0, 0.1) is 0 Å². The summed E-state index contributed by atoms with van der Waals surface area (Å²) in [6.07, 6.45) is 0. The zero-order chi connectivity index (χ0) is 15.2. The molecule has 0 radical (unpaired) electrons. The largest absolute Gasteiger partial charge is 0.462 e. The molecule has 118 valence electrons. The molecule has 0 spiro atoms. The first-order chi connectivity index (χ1) is 10.1. The van der Waals surface area contributed by atoms with Crippen LogP contribution in [-0.2, 0) is 4.74 Å². The summed E-state index contributed by atoms with van der Waals surface area (Å²) in [5.74, 6) is -0.341. The highest BCUT2D eigenvalue weighted by Crippen LogP contribution is 2.29. The van der Waals surface area contributed by atoms with Gasteiger partial charge >= 0.3 is 5.97 Å². The van der Waals surface area contributed by atoms with Crippen LogP contribution < -0.4 is 11.1 Å². The molecule has 21 heavy (non-hydrogen) atoms. The van der Waals surface area contributed by atoms with E-state index in [9.17, 15) is 4.79 Å². The highest BCUT2D eigenvalue weighted by atomic mass is 32.1. The SMILES string of the molecule is CCOC(=O)c1sc(NCCN2CCN(C)CC2)cc1N. The van der Waals surface area contributed by atoms with E-state index >= 15 is 0 Å². The number of thiophene rings is 1. The fourth-order valence-corrected chi connectivity index (χ4v) is 3.16. The van der Waals surface area contributed by atoms with Gasteiger partial charge in [0.2, 0.25) is 0 Å². The molecule has 2 heterocycles. The zero-order valence-electron chi connectivity index (χ0n) is 12.7. The maximum Gasteiger partial charge on any atom is 0.350 e. The van der Waals surface area contributed by atoms with Gasteiger partial charge in [-0.25, -0.2) is 4.79 Å². The van der Waals surface area contributed by atoms with Crippen molar-refractivity contribution in [3.63, 3.8) is 0 Å². The van der Waals surface area contributed by atoms with Gasteiger partial charge in [0.1, 0.15) is 4.88 Å². The van der Waals surface area contributed by atoms with E-state index in [1.807, 2.05) is 0 Å². The Morgan fingerprint density at radius 2 is 2.14 bits per heavy atom. The Bertz CT molecular complexity index is 470. The van der Waals surface area contributed by atoms with Crippen LogP contribution >= 0.6 is 11.3 Å². The van der Waals surface area contributed by atoms with Gasteiger partial charge in [-0.2, -0.15) is 0 Å². The minimum atomic E-state index is -0.341. The van der Waals surface area contributed by atoms with Crippen molar-refractivity contribution in [1.82, 2.24) is 9.80 Å². The molecule has 0 amide bonds. The number of anilines is 2. The van der Waals surface area contributed by atoms with E-state index in [-0.39, 0.29) is 5.97 Å². The van der Waals surface area contributed by atoms with E-state index in [0.717, 1.165) is 44.3 Å². The average molecular weight is 312 g/mol. The van der Waals surface area contributed by atoms with Crippen molar-refractivity contribution in [2.75, 3.05) is 64.0 Å². The van der Waals surface area contributed by atoms with Crippen molar-refractivity contribution in [3.8, 4) is 0 Å². The lowest BCUT2D eigenvalue weighted by Crippen LogP contribution is -2.45. The van der Waals surface area contributed by atoms with Gasteiger partial charge in [-0.3, -0.25) is 4.90 Å². The van der Waals surface area contributed by atoms with Gasteiger partial charge in [-0.15, -0.1) is 11.3 Å². The summed E-state index contributed by atoms with van der Waals surface area (Å²) in [4.78, 5) is 17.0. The van der Waals surface area contributed by atoms with Gasteiger partial charge in [0, 0.05) is 39.3 Å². The Balaban J connectivity index is 1.78. The monoisotopic (exact) mass is 312 g/mol. The van der Waals surface area contributed by atoms with Gasteiger partial charge in [-0.1, -0.05) is 0 Å². The van der Waals surface area contributed by atoms with E-state index in [2.05, 4.69) is 22.2 Å². The Hall–Kier alpha value is -1.31. The molecule has 0 bridgehead atoms. The van der Waals surface area contributed by atoms with Crippen LogP contribution in [0.3, 0.4) is 0 Å². The summed E-state index contributed by atoms with van der Waals surface area (Å²) in [6, 6.07) is 1.81. The number of hydrogen-bond acceptors (Lipinski definition) is 7. The summed E-state index contributed by atoms with van der Waals surface area (Å²) in [7, 11) is 2.15. The van der Waals surface area contributed by atoms with E-state index < -0.39 is 0 Å². The molecule has 6 nitrogen and oxygen atoms in total. The molecule has 0 aromatic carbocycles. The number of likely N-dealkylation sites (N-methyl/N-ethyl adjacent to an activating group) is 1. The predicted molar refractivity (Wildman–Crippen MR) is 87.1 cm³/mol. The first-order valence-electron chi connectivity index (χ1n) is 7.31. The van der Waals surface area contributed by atoms with Crippen LogP contribution in [0.5, 0.6) is 0 Å². The summed E-state index contributed by atoms with van der Waals surface area (Å²) in [6.45, 7) is 8.47. The molecule has 2 rings (SSSR count). The van der Waals surface area contributed by atoms with Crippen molar-refractivity contribution in [1.29, 1.82) is 0 Å². The quantitative estimate of drug-likeness (QED) is 0.768. The molecule has 1 aromatic heterocycles. The molecule has 3 N–H and O–H groups in total. The Kier molecular flexibility index (Phi) is 5.84. The van der Waals surface area contributed by atoms with Gasteiger partial charge in [0.05, 0.1) is 17.3 Å². The Morgan fingerprint density at radius 1 is 1.43 bits per heavy atom. The van der Waals surface area contributed by atoms with Crippen LogP contribution in [-0.4, -0.2) is 68.7 Å². The van der Waals surface area contributed by atoms with Crippen molar-refractivity contribution >= 4 is 28.0 Å². The molecule has 7 heteroatoms. The van der Waals surface area contributed by atoms with E-state index in [1.54, 1.807) is 13.0 Å². The van der Waals surface area contributed by atoms with Gasteiger partial charge < -0.3 is 20.7 Å². The van der Waals surface area contributed by atoms with Gasteiger partial charge in [0.25, 0.3) is 0 Å². The molecule has 1 fully saturated rings. The summed E-state index contributed by atoms with van der Waals surface area (Å²) < 4.78 is 4.98. The third-order valence-electron chi connectivity index (χ3n) is 3.54. The lowest BCUT2D eigenvalue weighted by atomic mass is 10.3. The van der Waals surface area contributed by atoms with Crippen LogP contribution in [0.4, 0.5) is 10.7 Å². The van der Waals surface area contributed by atoms with E-state index in [1.165, 1.54) is 11.3 Å².